The molecular weight excluding hydrogens is 274 g/mol. The van der Waals surface area contributed by atoms with Gasteiger partial charge in [-0.2, -0.15) is 0 Å². The van der Waals surface area contributed by atoms with Crippen LogP contribution in [-0.2, 0) is 17.6 Å². The fourth-order valence-electron chi connectivity index (χ4n) is 2.45. The van der Waals surface area contributed by atoms with Crippen molar-refractivity contribution < 1.29 is 9.53 Å². The number of benzene rings is 2. The molecule has 0 radical (unpaired) electrons. The summed E-state index contributed by atoms with van der Waals surface area (Å²) in [6.07, 6.45) is 2.11. The summed E-state index contributed by atoms with van der Waals surface area (Å²) in [6, 6.07) is 14.0. The molecule has 0 atom stereocenters. The van der Waals surface area contributed by atoms with E-state index >= 15 is 0 Å². The van der Waals surface area contributed by atoms with Crippen LogP contribution < -0.4 is 10.1 Å². The summed E-state index contributed by atoms with van der Waals surface area (Å²) >= 11 is 0. The molecule has 22 heavy (non-hydrogen) atoms. The molecule has 0 spiro atoms. The zero-order valence-corrected chi connectivity index (χ0v) is 13.5. The molecule has 0 heterocycles. The minimum atomic E-state index is 0.0554. The standard InChI is InChI=1S/C19H23NO2/c1-4-16-7-5-6-14(2)19(16)20-18(21)13-10-15-8-11-17(22-3)12-9-15/h5-9,11-12H,4,10,13H2,1-3H3,(H,20,21). The van der Waals surface area contributed by atoms with Crippen molar-refractivity contribution in [2.24, 2.45) is 0 Å². The molecule has 2 aromatic carbocycles. The van der Waals surface area contributed by atoms with Gasteiger partial charge < -0.3 is 10.1 Å². The number of methoxy groups -OCH3 is 1. The van der Waals surface area contributed by atoms with Gasteiger partial charge in [0.25, 0.3) is 0 Å². The van der Waals surface area contributed by atoms with E-state index in [0.29, 0.717) is 6.42 Å². The van der Waals surface area contributed by atoms with Crippen LogP contribution in [0.1, 0.15) is 30.0 Å². The number of nitrogens with one attached hydrogen (secondary N) is 1. The van der Waals surface area contributed by atoms with Gasteiger partial charge in [-0.05, 0) is 48.6 Å². The molecule has 3 nitrogen and oxygen atoms in total. The van der Waals surface area contributed by atoms with Crippen LogP contribution >= 0.6 is 0 Å². The Morgan fingerprint density at radius 1 is 1.14 bits per heavy atom. The summed E-state index contributed by atoms with van der Waals surface area (Å²) in [6.45, 7) is 4.13. The molecule has 1 N–H and O–H groups in total. The van der Waals surface area contributed by atoms with Crippen molar-refractivity contribution in [2.75, 3.05) is 12.4 Å². The first kappa shape index (κ1) is 16.1. The highest BCUT2D eigenvalue weighted by Gasteiger charge is 2.08. The van der Waals surface area contributed by atoms with Gasteiger partial charge in [-0.25, -0.2) is 0 Å². The first-order valence-corrected chi connectivity index (χ1v) is 7.65. The van der Waals surface area contributed by atoms with Crippen LogP contribution in [-0.4, -0.2) is 13.0 Å². The SMILES string of the molecule is CCc1cccc(C)c1NC(=O)CCc1ccc(OC)cc1. The van der Waals surface area contributed by atoms with Crippen LogP contribution in [0.25, 0.3) is 0 Å². The second-order valence-electron chi connectivity index (χ2n) is 5.36. The molecule has 0 aliphatic carbocycles. The molecule has 2 rings (SSSR count). The van der Waals surface area contributed by atoms with Crippen molar-refractivity contribution in [1.82, 2.24) is 0 Å². The highest BCUT2D eigenvalue weighted by Crippen LogP contribution is 2.21. The molecular formula is C19H23NO2. The quantitative estimate of drug-likeness (QED) is 0.870. The maximum Gasteiger partial charge on any atom is 0.224 e. The Morgan fingerprint density at radius 2 is 1.86 bits per heavy atom. The van der Waals surface area contributed by atoms with E-state index in [-0.39, 0.29) is 5.91 Å². The highest BCUT2D eigenvalue weighted by atomic mass is 16.5. The summed E-state index contributed by atoms with van der Waals surface area (Å²) in [7, 11) is 1.65. The highest BCUT2D eigenvalue weighted by molar-refractivity contribution is 5.92. The number of amides is 1. The lowest BCUT2D eigenvalue weighted by Crippen LogP contribution is -2.14. The molecule has 116 valence electrons. The van der Waals surface area contributed by atoms with Gasteiger partial charge in [-0.3, -0.25) is 4.79 Å². The first-order valence-electron chi connectivity index (χ1n) is 7.65. The van der Waals surface area contributed by atoms with Crippen LogP contribution in [0.15, 0.2) is 42.5 Å². The van der Waals surface area contributed by atoms with Gasteiger partial charge in [-0.1, -0.05) is 37.3 Å². The largest absolute Gasteiger partial charge is 0.497 e. The van der Waals surface area contributed by atoms with Gasteiger partial charge in [0.15, 0.2) is 0 Å². The minimum Gasteiger partial charge on any atom is -0.497 e. The molecule has 0 saturated heterocycles. The Balaban J connectivity index is 1.95. The topological polar surface area (TPSA) is 38.3 Å². The molecule has 2 aromatic rings. The first-order chi connectivity index (χ1) is 10.6. The lowest BCUT2D eigenvalue weighted by molar-refractivity contribution is -0.116. The maximum absolute atomic E-state index is 12.2. The molecule has 0 saturated carbocycles. The lowest BCUT2D eigenvalue weighted by Gasteiger charge is -2.13. The summed E-state index contributed by atoms with van der Waals surface area (Å²) in [5.74, 6) is 0.889. The second kappa shape index (κ2) is 7.64. The molecule has 0 aliphatic heterocycles. The van der Waals surface area contributed by atoms with Gasteiger partial charge in [0.2, 0.25) is 5.91 Å². The number of aryl methyl sites for hydroxylation is 3. The van der Waals surface area contributed by atoms with E-state index in [9.17, 15) is 4.79 Å². The summed E-state index contributed by atoms with van der Waals surface area (Å²) in [5, 5.41) is 3.06. The van der Waals surface area contributed by atoms with E-state index in [1.165, 1.54) is 5.56 Å². The van der Waals surface area contributed by atoms with Crippen molar-refractivity contribution in [2.45, 2.75) is 33.1 Å². The van der Waals surface area contributed by atoms with E-state index < -0.39 is 0 Å². The number of rotatable bonds is 6. The number of carbonyl (C=O) groups is 1. The Morgan fingerprint density at radius 3 is 2.50 bits per heavy atom. The van der Waals surface area contributed by atoms with Crippen LogP contribution in [0.2, 0.25) is 0 Å². The molecule has 0 unspecified atom stereocenters. The van der Waals surface area contributed by atoms with Gasteiger partial charge >= 0.3 is 0 Å². The summed E-state index contributed by atoms with van der Waals surface area (Å²) < 4.78 is 5.13. The predicted molar refractivity (Wildman–Crippen MR) is 90.5 cm³/mol. The van der Waals surface area contributed by atoms with Crippen molar-refractivity contribution in [1.29, 1.82) is 0 Å². The Bertz CT molecular complexity index is 632. The molecule has 0 aromatic heterocycles. The van der Waals surface area contributed by atoms with Crippen LogP contribution in [0.3, 0.4) is 0 Å². The molecule has 1 amide bonds. The molecule has 3 heteroatoms. The third-order valence-corrected chi connectivity index (χ3v) is 3.80. The summed E-state index contributed by atoms with van der Waals surface area (Å²) in [5.41, 5.74) is 4.39. The number of para-hydroxylation sites is 1. The number of hydrogen-bond donors (Lipinski definition) is 1. The average molecular weight is 297 g/mol. The van der Waals surface area contributed by atoms with Crippen LogP contribution in [0.4, 0.5) is 5.69 Å². The number of hydrogen-bond acceptors (Lipinski definition) is 2. The number of carbonyl (C=O) groups excluding carboxylic acids is 1. The van der Waals surface area contributed by atoms with E-state index in [1.807, 2.05) is 43.3 Å². The lowest BCUT2D eigenvalue weighted by atomic mass is 10.1. The second-order valence-corrected chi connectivity index (χ2v) is 5.36. The van der Waals surface area contributed by atoms with Gasteiger partial charge in [-0.15, -0.1) is 0 Å². The molecule has 0 fully saturated rings. The van der Waals surface area contributed by atoms with E-state index in [2.05, 4.69) is 18.3 Å². The smallest absolute Gasteiger partial charge is 0.224 e. The van der Waals surface area contributed by atoms with Crippen molar-refractivity contribution >= 4 is 11.6 Å². The fraction of sp³-hybridized carbons (Fsp3) is 0.316. The fourth-order valence-corrected chi connectivity index (χ4v) is 2.45. The van der Waals surface area contributed by atoms with Gasteiger partial charge in [0.05, 0.1) is 7.11 Å². The average Bonchev–Trinajstić information content (AvgIpc) is 2.55. The third-order valence-electron chi connectivity index (χ3n) is 3.80. The zero-order chi connectivity index (χ0) is 15.9. The van der Waals surface area contributed by atoms with Crippen LogP contribution in [0.5, 0.6) is 5.75 Å². The predicted octanol–water partition coefficient (Wildman–Crippen LogP) is 4.14. The molecule has 0 bridgehead atoms. The van der Waals surface area contributed by atoms with Gasteiger partial charge in [0, 0.05) is 12.1 Å². The minimum absolute atomic E-state index is 0.0554. The normalized spacial score (nSPS) is 10.3. The maximum atomic E-state index is 12.2. The molecule has 0 aliphatic rings. The van der Waals surface area contributed by atoms with E-state index in [0.717, 1.165) is 35.4 Å². The Hall–Kier alpha value is -2.29. The van der Waals surface area contributed by atoms with E-state index in [1.54, 1.807) is 7.11 Å². The number of anilines is 1. The van der Waals surface area contributed by atoms with Crippen molar-refractivity contribution in [3.8, 4) is 5.75 Å². The summed E-state index contributed by atoms with van der Waals surface area (Å²) in [4.78, 5) is 12.2. The van der Waals surface area contributed by atoms with E-state index in [4.69, 9.17) is 4.74 Å². The monoisotopic (exact) mass is 297 g/mol. The van der Waals surface area contributed by atoms with Crippen molar-refractivity contribution in [3.05, 3.63) is 59.2 Å². The Kier molecular flexibility index (Phi) is 5.59. The zero-order valence-electron chi connectivity index (χ0n) is 13.5. The van der Waals surface area contributed by atoms with Crippen molar-refractivity contribution in [3.63, 3.8) is 0 Å². The third kappa shape index (κ3) is 4.10. The van der Waals surface area contributed by atoms with Gasteiger partial charge in [0.1, 0.15) is 5.75 Å². The number of ether oxygens (including phenoxy) is 1. The van der Waals surface area contributed by atoms with Crippen LogP contribution in [0, 0.1) is 6.92 Å². The Labute approximate surface area is 132 Å².